The van der Waals surface area contributed by atoms with E-state index >= 15 is 0 Å². The van der Waals surface area contributed by atoms with Gasteiger partial charge in [-0.25, -0.2) is 9.78 Å². The van der Waals surface area contributed by atoms with Crippen molar-refractivity contribution < 1.29 is 14.7 Å². The third-order valence-electron chi connectivity index (χ3n) is 7.12. The first-order valence-electron chi connectivity index (χ1n) is 12.6. The number of rotatable bonds is 8. The maximum absolute atomic E-state index is 13.4. The molecule has 182 valence electrons. The van der Waals surface area contributed by atoms with Crippen molar-refractivity contribution >= 4 is 23.5 Å². The molecular formula is C27H36N4O3. The van der Waals surface area contributed by atoms with E-state index in [-0.39, 0.29) is 11.8 Å². The molecule has 7 heteroatoms. The van der Waals surface area contributed by atoms with Gasteiger partial charge in [0.1, 0.15) is 5.82 Å². The van der Waals surface area contributed by atoms with Gasteiger partial charge >= 0.3 is 6.09 Å². The van der Waals surface area contributed by atoms with Crippen LogP contribution in [0, 0.1) is 5.92 Å². The summed E-state index contributed by atoms with van der Waals surface area (Å²) in [5, 5.41) is 11.3. The molecule has 2 N–H and O–H groups in total. The van der Waals surface area contributed by atoms with Crippen LogP contribution in [0.4, 0.5) is 16.3 Å². The number of hydrogen-bond acceptors (Lipinski definition) is 4. The van der Waals surface area contributed by atoms with E-state index in [0.717, 1.165) is 37.4 Å². The summed E-state index contributed by atoms with van der Waals surface area (Å²) in [5.74, 6) is 1.79. The number of nitrogens with zero attached hydrogens (tertiary/aromatic N) is 3. The largest absolute Gasteiger partial charge is 0.465 e. The summed E-state index contributed by atoms with van der Waals surface area (Å²) in [6, 6.07) is 12.2. The molecule has 2 fully saturated rings. The molecule has 1 aromatic heterocycles. The van der Waals surface area contributed by atoms with Crippen molar-refractivity contribution in [3.8, 4) is 0 Å². The Hall–Kier alpha value is -3.09. The normalized spacial score (nSPS) is 18.6. The fraction of sp³-hybridized carbons (Fsp3) is 0.519. The molecule has 0 radical (unpaired) electrons. The van der Waals surface area contributed by atoms with Crippen molar-refractivity contribution in [3.05, 3.63) is 53.7 Å². The number of hydrogen-bond donors (Lipinski definition) is 2. The van der Waals surface area contributed by atoms with E-state index in [4.69, 9.17) is 5.11 Å². The maximum atomic E-state index is 13.4. The van der Waals surface area contributed by atoms with Crippen LogP contribution >= 0.6 is 0 Å². The van der Waals surface area contributed by atoms with E-state index in [1.165, 1.54) is 37.7 Å². The van der Waals surface area contributed by atoms with E-state index in [1.807, 2.05) is 29.2 Å². The van der Waals surface area contributed by atoms with Gasteiger partial charge < -0.3 is 20.2 Å². The molecule has 1 saturated heterocycles. The lowest BCUT2D eigenvalue weighted by Crippen LogP contribution is -2.32. The second kappa shape index (κ2) is 11.4. The van der Waals surface area contributed by atoms with Crippen LogP contribution in [0.15, 0.2) is 42.6 Å². The minimum absolute atomic E-state index is 0.00701. The Labute approximate surface area is 202 Å². The molecule has 2 aliphatic rings. The second-order valence-electron chi connectivity index (χ2n) is 9.58. The summed E-state index contributed by atoms with van der Waals surface area (Å²) in [6.45, 7) is 4.80. The SMILES string of the molecule is CCCN(C(=O)c1ccc(C2CCCCC2)cc1)c1ccc(N2CCC(CNC(=O)O)C2)nc1. The second-order valence-corrected chi connectivity index (χ2v) is 9.58. The molecule has 1 aliphatic heterocycles. The highest BCUT2D eigenvalue weighted by atomic mass is 16.4. The number of nitrogens with one attached hydrogen (secondary N) is 1. The standard InChI is InChI=1S/C27H36N4O3/c1-2-15-31(26(32)23-10-8-22(9-11-23)21-6-4-3-5-7-21)24-12-13-25(28-18-24)30-16-14-20(19-30)17-29-27(33)34/h8-13,18,20-21,29H,2-7,14-17,19H2,1H3,(H,33,34). The van der Waals surface area contributed by atoms with E-state index in [9.17, 15) is 9.59 Å². The molecule has 0 bridgehead atoms. The highest BCUT2D eigenvalue weighted by Gasteiger charge is 2.25. The van der Waals surface area contributed by atoms with Gasteiger partial charge in [0.25, 0.3) is 5.91 Å². The number of benzene rings is 1. The highest BCUT2D eigenvalue weighted by molar-refractivity contribution is 6.06. The molecule has 2 aromatic rings. The molecule has 1 saturated carbocycles. The van der Waals surface area contributed by atoms with Gasteiger partial charge in [0.15, 0.2) is 0 Å². The van der Waals surface area contributed by atoms with E-state index in [1.54, 1.807) is 6.20 Å². The Morgan fingerprint density at radius 2 is 1.85 bits per heavy atom. The van der Waals surface area contributed by atoms with Gasteiger partial charge in [-0.3, -0.25) is 4.79 Å². The predicted molar refractivity (Wildman–Crippen MR) is 135 cm³/mol. The molecule has 1 aliphatic carbocycles. The van der Waals surface area contributed by atoms with Crippen LogP contribution in [0.25, 0.3) is 0 Å². The molecule has 4 rings (SSSR count). The van der Waals surface area contributed by atoms with Crippen molar-refractivity contribution in [3.63, 3.8) is 0 Å². The Balaban J connectivity index is 1.41. The molecule has 0 spiro atoms. The zero-order valence-electron chi connectivity index (χ0n) is 20.1. The monoisotopic (exact) mass is 464 g/mol. The average Bonchev–Trinajstić information content (AvgIpc) is 3.36. The van der Waals surface area contributed by atoms with Crippen LogP contribution in [0.3, 0.4) is 0 Å². The third-order valence-corrected chi connectivity index (χ3v) is 7.12. The van der Waals surface area contributed by atoms with Crippen LogP contribution < -0.4 is 15.1 Å². The van der Waals surface area contributed by atoms with Gasteiger partial charge in [0.05, 0.1) is 11.9 Å². The summed E-state index contributed by atoms with van der Waals surface area (Å²) in [4.78, 5) is 32.7. The Morgan fingerprint density at radius 1 is 1.09 bits per heavy atom. The number of anilines is 2. The van der Waals surface area contributed by atoms with Crippen molar-refractivity contribution in [1.82, 2.24) is 10.3 Å². The lowest BCUT2D eigenvalue weighted by atomic mass is 9.84. The molecule has 1 aromatic carbocycles. The van der Waals surface area contributed by atoms with E-state index < -0.39 is 6.09 Å². The number of amides is 2. The summed E-state index contributed by atoms with van der Waals surface area (Å²) in [6.07, 6.45) is 9.03. The van der Waals surface area contributed by atoms with E-state index in [2.05, 4.69) is 34.3 Å². The van der Waals surface area contributed by atoms with Crippen molar-refractivity contribution in [1.29, 1.82) is 0 Å². The van der Waals surface area contributed by atoms with Crippen LogP contribution in [-0.2, 0) is 0 Å². The minimum Gasteiger partial charge on any atom is -0.465 e. The van der Waals surface area contributed by atoms with Gasteiger partial charge in [-0.05, 0) is 67.3 Å². The number of carbonyl (C=O) groups is 2. The van der Waals surface area contributed by atoms with Gasteiger partial charge in [0.2, 0.25) is 0 Å². The fourth-order valence-corrected chi connectivity index (χ4v) is 5.23. The average molecular weight is 465 g/mol. The third kappa shape index (κ3) is 5.88. The molecule has 34 heavy (non-hydrogen) atoms. The Kier molecular flexibility index (Phi) is 8.03. The van der Waals surface area contributed by atoms with Crippen LogP contribution in [0.1, 0.15) is 73.7 Å². The maximum Gasteiger partial charge on any atom is 0.404 e. The minimum atomic E-state index is -0.981. The molecular weight excluding hydrogens is 428 g/mol. The predicted octanol–water partition coefficient (Wildman–Crippen LogP) is 5.28. The molecule has 1 unspecified atom stereocenters. The first-order chi connectivity index (χ1) is 16.5. The first kappa shape index (κ1) is 24.0. The highest BCUT2D eigenvalue weighted by Crippen LogP contribution is 2.33. The van der Waals surface area contributed by atoms with Crippen LogP contribution in [0.2, 0.25) is 0 Å². The molecule has 1 atom stereocenters. The van der Waals surface area contributed by atoms with Gasteiger partial charge in [-0.15, -0.1) is 0 Å². The summed E-state index contributed by atoms with van der Waals surface area (Å²) < 4.78 is 0. The smallest absolute Gasteiger partial charge is 0.404 e. The van der Waals surface area contributed by atoms with Gasteiger partial charge in [0, 0.05) is 31.7 Å². The number of pyridine rings is 1. The van der Waals surface area contributed by atoms with Crippen LogP contribution in [0.5, 0.6) is 0 Å². The van der Waals surface area contributed by atoms with Crippen molar-refractivity contribution in [2.75, 3.05) is 36.0 Å². The Bertz CT molecular complexity index is 955. The van der Waals surface area contributed by atoms with Gasteiger partial charge in [-0.1, -0.05) is 38.3 Å². The zero-order chi connectivity index (χ0) is 23.9. The van der Waals surface area contributed by atoms with Crippen LogP contribution in [-0.4, -0.2) is 48.3 Å². The Morgan fingerprint density at radius 3 is 2.50 bits per heavy atom. The summed E-state index contributed by atoms with van der Waals surface area (Å²) in [7, 11) is 0. The topological polar surface area (TPSA) is 85.8 Å². The zero-order valence-corrected chi connectivity index (χ0v) is 20.1. The number of carboxylic acid groups (broad SMARTS) is 1. The first-order valence-corrected chi connectivity index (χ1v) is 12.6. The fourth-order valence-electron chi connectivity index (χ4n) is 5.23. The molecule has 2 amide bonds. The van der Waals surface area contributed by atoms with E-state index in [0.29, 0.717) is 24.6 Å². The number of carbonyl (C=O) groups excluding carboxylic acids is 1. The van der Waals surface area contributed by atoms with Crippen molar-refractivity contribution in [2.45, 2.75) is 57.8 Å². The van der Waals surface area contributed by atoms with Gasteiger partial charge in [-0.2, -0.15) is 0 Å². The quantitative estimate of drug-likeness (QED) is 0.555. The summed E-state index contributed by atoms with van der Waals surface area (Å²) >= 11 is 0. The summed E-state index contributed by atoms with van der Waals surface area (Å²) in [5.41, 5.74) is 2.87. The van der Waals surface area contributed by atoms with Crippen molar-refractivity contribution in [2.24, 2.45) is 5.92 Å². The lowest BCUT2D eigenvalue weighted by Gasteiger charge is -2.24. The molecule has 7 nitrogen and oxygen atoms in total. The molecule has 2 heterocycles. The number of aromatic nitrogens is 1. The lowest BCUT2D eigenvalue weighted by molar-refractivity contribution is 0.0986.